The van der Waals surface area contributed by atoms with Gasteiger partial charge in [0, 0.05) is 23.6 Å². The molecule has 0 fully saturated rings. The molecule has 0 N–H and O–H groups in total. The minimum absolute atomic E-state index is 0.0889. The van der Waals surface area contributed by atoms with Crippen molar-refractivity contribution in [3.63, 3.8) is 0 Å². The van der Waals surface area contributed by atoms with Crippen LogP contribution in [0, 0.1) is 0 Å². The third kappa shape index (κ3) is 2.96. The maximum atomic E-state index is 11.4. The Labute approximate surface area is 93.8 Å². The van der Waals surface area contributed by atoms with E-state index in [1.807, 2.05) is 0 Å². The van der Waals surface area contributed by atoms with Crippen molar-refractivity contribution in [2.45, 2.75) is 20.3 Å². The van der Waals surface area contributed by atoms with Crippen LogP contribution in [0.3, 0.4) is 0 Å². The molecule has 0 aromatic carbocycles. The molecule has 0 saturated carbocycles. The van der Waals surface area contributed by atoms with Gasteiger partial charge in [-0.3, -0.25) is 4.79 Å². The van der Waals surface area contributed by atoms with Crippen LogP contribution in [0.1, 0.15) is 20.3 Å². The lowest BCUT2D eigenvalue weighted by Crippen LogP contribution is -2.38. The van der Waals surface area contributed by atoms with Crippen LogP contribution < -0.4 is 0 Å². The van der Waals surface area contributed by atoms with E-state index in [0.717, 1.165) is 0 Å². The second-order valence-corrected chi connectivity index (χ2v) is 3.77. The zero-order valence-electron chi connectivity index (χ0n) is 8.88. The topological polar surface area (TPSA) is 46.6 Å². The maximum Gasteiger partial charge on any atom is 0.410 e. The smallest absolute Gasteiger partial charge is 0.410 e. The number of hydrogen-bond donors (Lipinski definition) is 0. The lowest BCUT2D eigenvalue weighted by Gasteiger charge is -2.27. The zero-order chi connectivity index (χ0) is 11.4. The standard InChI is InChI=1S/C10H14ClNO3/c1-3-15-10(14)12-5-4-9(11)8(6-12)7(2)13/h3-6H2,1-2H3. The molecular formula is C10H14ClNO3. The number of ketones is 1. The monoisotopic (exact) mass is 231 g/mol. The zero-order valence-corrected chi connectivity index (χ0v) is 9.63. The largest absolute Gasteiger partial charge is 0.450 e. The average Bonchev–Trinajstić information content (AvgIpc) is 2.18. The highest BCUT2D eigenvalue weighted by Gasteiger charge is 2.24. The molecule has 0 spiro atoms. The number of amides is 1. The number of nitrogens with zero attached hydrogens (tertiary/aromatic N) is 1. The molecule has 0 saturated heterocycles. The number of carbonyl (C=O) groups excluding carboxylic acids is 2. The number of Topliss-reactive ketones (excluding diaryl/α,β-unsaturated/α-hetero) is 1. The fourth-order valence-corrected chi connectivity index (χ4v) is 1.69. The van der Waals surface area contributed by atoms with E-state index in [1.165, 1.54) is 11.8 Å². The van der Waals surface area contributed by atoms with Crippen LogP contribution in [-0.4, -0.2) is 36.5 Å². The van der Waals surface area contributed by atoms with Crippen molar-refractivity contribution in [1.82, 2.24) is 4.90 Å². The molecule has 0 unspecified atom stereocenters. The van der Waals surface area contributed by atoms with Crippen molar-refractivity contribution in [2.24, 2.45) is 0 Å². The van der Waals surface area contributed by atoms with Gasteiger partial charge in [0.1, 0.15) is 0 Å². The van der Waals surface area contributed by atoms with E-state index in [1.54, 1.807) is 6.92 Å². The first-order valence-electron chi connectivity index (χ1n) is 4.86. The Morgan fingerprint density at radius 2 is 2.20 bits per heavy atom. The van der Waals surface area contributed by atoms with Gasteiger partial charge in [0.15, 0.2) is 5.78 Å². The summed E-state index contributed by atoms with van der Waals surface area (Å²) in [5, 5.41) is 0.558. The average molecular weight is 232 g/mol. The van der Waals surface area contributed by atoms with Crippen LogP contribution >= 0.6 is 11.6 Å². The van der Waals surface area contributed by atoms with Crippen LogP contribution in [0.5, 0.6) is 0 Å². The molecule has 0 bridgehead atoms. The minimum atomic E-state index is -0.389. The SMILES string of the molecule is CCOC(=O)N1CCC(Cl)=C(C(C)=O)C1. The van der Waals surface area contributed by atoms with Gasteiger partial charge >= 0.3 is 6.09 Å². The third-order valence-corrected chi connectivity index (χ3v) is 2.65. The van der Waals surface area contributed by atoms with Crippen LogP contribution in [0.4, 0.5) is 4.79 Å². The van der Waals surface area contributed by atoms with Crippen molar-refractivity contribution in [3.05, 3.63) is 10.6 Å². The molecule has 0 aliphatic carbocycles. The molecule has 1 aliphatic rings. The summed E-state index contributed by atoms with van der Waals surface area (Å²) in [7, 11) is 0. The molecule has 1 rings (SSSR count). The Kier molecular flexibility index (Phi) is 4.15. The number of ether oxygens (including phenoxy) is 1. The first kappa shape index (κ1) is 12.0. The van der Waals surface area contributed by atoms with Crippen LogP contribution in [-0.2, 0) is 9.53 Å². The second kappa shape index (κ2) is 5.16. The van der Waals surface area contributed by atoms with Crippen molar-refractivity contribution in [3.8, 4) is 0 Å². The Hall–Kier alpha value is -1.03. The predicted octanol–water partition coefficient (Wildman–Crippen LogP) is 1.93. The lowest BCUT2D eigenvalue weighted by molar-refractivity contribution is -0.113. The van der Waals surface area contributed by atoms with Gasteiger partial charge in [0.05, 0.1) is 13.2 Å². The van der Waals surface area contributed by atoms with Crippen molar-refractivity contribution in [1.29, 1.82) is 0 Å². The van der Waals surface area contributed by atoms with E-state index in [0.29, 0.717) is 30.2 Å². The highest BCUT2D eigenvalue weighted by Crippen LogP contribution is 2.22. The molecular weight excluding hydrogens is 218 g/mol. The Morgan fingerprint density at radius 3 is 2.73 bits per heavy atom. The molecule has 1 heterocycles. The number of halogens is 1. The highest BCUT2D eigenvalue weighted by molar-refractivity contribution is 6.32. The van der Waals surface area contributed by atoms with E-state index in [-0.39, 0.29) is 18.4 Å². The molecule has 84 valence electrons. The summed E-state index contributed by atoms with van der Waals surface area (Å²) >= 11 is 5.90. The summed E-state index contributed by atoms with van der Waals surface area (Å²) in [6.07, 6.45) is 0.135. The number of hydrogen-bond acceptors (Lipinski definition) is 3. The minimum Gasteiger partial charge on any atom is -0.450 e. The van der Waals surface area contributed by atoms with Gasteiger partial charge in [0.2, 0.25) is 0 Å². The lowest BCUT2D eigenvalue weighted by atomic mass is 10.1. The Balaban J connectivity index is 2.70. The molecule has 0 atom stereocenters. The van der Waals surface area contributed by atoms with Gasteiger partial charge in [-0.1, -0.05) is 11.6 Å². The first-order chi connectivity index (χ1) is 7.06. The van der Waals surface area contributed by atoms with E-state index >= 15 is 0 Å². The first-order valence-corrected chi connectivity index (χ1v) is 5.24. The summed E-state index contributed by atoms with van der Waals surface area (Å²) in [5.41, 5.74) is 0.510. The van der Waals surface area contributed by atoms with Crippen molar-refractivity contribution < 1.29 is 14.3 Å². The molecule has 4 nitrogen and oxygen atoms in total. The van der Waals surface area contributed by atoms with Crippen molar-refractivity contribution in [2.75, 3.05) is 19.7 Å². The number of carbonyl (C=O) groups is 2. The molecule has 5 heteroatoms. The third-order valence-electron chi connectivity index (χ3n) is 2.23. The molecule has 15 heavy (non-hydrogen) atoms. The molecule has 1 amide bonds. The van der Waals surface area contributed by atoms with E-state index in [2.05, 4.69) is 0 Å². The normalized spacial score (nSPS) is 16.6. The summed E-state index contributed by atoms with van der Waals surface area (Å²) in [5.74, 6) is -0.0889. The summed E-state index contributed by atoms with van der Waals surface area (Å²) in [6.45, 7) is 4.30. The molecule has 1 aliphatic heterocycles. The predicted molar refractivity (Wildman–Crippen MR) is 56.8 cm³/mol. The highest BCUT2D eigenvalue weighted by atomic mass is 35.5. The van der Waals surface area contributed by atoms with Crippen LogP contribution in [0.25, 0.3) is 0 Å². The maximum absolute atomic E-state index is 11.4. The van der Waals surface area contributed by atoms with E-state index in [9.17, 15) is 9.59 Å². The summed E-state index contributed by atoms with van der Waals surface area (Å²) in [4.78, 5) is 24.1. The molecule has 0 aromatic rings. The second-order valence-electron chi connectivity index (χ2n) is 3.31. The van der Waals surface area contributed by atoms with Gasteiger partial charge in [0.25, 0.3) is 0 Å². The summed E-state index contributed by atoms with van der Waals surface area (Å²) in [6, 6.07) is 0. The van der Waals surface area contributed by atoms with Gasteiger partial charge in [-0.25, -0.2) is 4.79 Å². The van der Waals surface area contributed by atoms with Gasteiger partial charge in [-0.15, -0.1) is 0 Å². The quantitative estimate of drug-likeness (QED) is 0.730. The van der Waals surface area contributed by atoms with Gasteiger partial charge in [-0.05, 0) is 13.8 Å². The fraction of sp³-hybridized carbons (Fsp3) is 0.600. The van der Waals surface area contributed by atoms with Crippen LogP contribution in [0.15, 0.2) is 10.6 Å². The Morgan fingerprint density at radius 1 is 1.53 bits per heavy atom. The summed E-state index contributed by atoms with van der Waals surface area (Å²) < 4.78 is 4.85. The Bertz CT molecular complexity index is 312. The number of rotatable bonds is 2. The van der Waals surface area contributed by atoms with Crippen LogP contribution in [0.2, 0.25) is 0 Å². The fourth-order valence-electron chi connectivity index (χ4n) is 1.41. The molecule has 0 aromatic heterocycles. The molecule has 0 radical (unpaired) electrons. The van der Waals surface area contributed by atoms with Gasteiger partial charge in [-0.2, -0.15) is 0 Å². The van der Waals surface area contributed by atoms with Crippen molar-refractivity contribution >= 4 is 23.5 Å². The van der Waals surface area contributed by atoms with E-state index in [4.69, 9.17) is 16.3 Å². The van der Waals surface area contributed by atoms with Gasteiger partial charge < -0.3 is 9.64 Å². The van der Waals surface area contributed by atoms with E-state index < -0.39 is 0 Å².